The summed E-state index contributed by atoms with van der Waals surface area (Å²) in [5, 5.41) is 1.05. The van der Waals surface area contributed by atoms with Gasteiger partial charge in [0.25, 0.3) is 0 Å². The molecule has 3 rings (SSSR count). The van der Waals surface area contributed by atoms with E-state index in [1.54, 1.807) is 0 Å². The second-order valence-corrected chi connectivity index (χ2v) is 5.48. The maximum Gasteiger partial charge on any atom is 0.0767 e. The molecular weight excluding hydrogens is 250 g/mol. The Morgan fingerprint density at radius 1 is 1.40 bits per heavy atom. The number of benzene rings is 1. The highest BCUT2D eigenvalue weighted by atomic mass is 16.5. The van der Waals surface area contributed by atoms with Crippen LogP contribution in [0.2, 0.25) is 0 Å². The normalized spacial score (nSPS) is 20.9. The molecule has 2 aromatic rings. The van der Waals surface area contributed by atoms with Crippen LogP contribution in [0.1, 0.15) is 18.9 Å². The van der Waals surface area contributed by atoms with Gasteiger partial charge in [0.1, 0.15) is 0 Å². The number of fused-ring (bicyclic) bond motifs is 1. The summed E-state index contributed by atoms with van der Waals surface area (Å²) in [6.07, 6.45) is 3.22. The Morgan fingerprint density at radius 2 is 2.30 bits per heavy atom. The van der Waals surface area contributed by atoms with Crippen molar-refractivity contribution >= 4 is 16.6 Å². The quantitative estimate of drug-likeness (QED) is 0.852. The second kappa shape index (κ2) is 5.77. The van der Waals surface area contributed by atoms with Crippen LogP contribution < -0.4 is 5.73 Å². The molecule has 1 aromatic heterocycles. The minimum Gasteiger partial charge on any atom is -0.398 e. The Balaban J connectivity index is 1.89. The highest BCUT2D eigenvalue weighted by Gasteiger charge is 2.16. The zero-order chi connectivity index (χ0) is 13.9. The Labute approximate surface area is 119 Å². The molecule has 1 fully saturated rings. The van der Waals surface area contributed by atoms with E-state index >= 15 is 0 Å². The minimum absolute atomic E-state index is 0.297. The lowest BCUT2D eigenvalue weighted by molar-refractivity contribution is 0.0668. The fourth-order valence-electron chi connectivity index (χ4n) is 2.85. The number of nitrogens with two attached hydrogens (primary N) is 1. The average molecular weight is 271 g/mol. The smallest absolute Gasteiger partial charge is 0.0767 e. The number of nitrogens with zero attached hydrogens (tertiary/aromatic N) is 2. The molecule has 1 aliphatic rings. The van der Waals surface area contributed by atoms with Crippen molar-refractivity contribution in [1.29, 1.82) is 0 Å². The topological polar surface area (TPSA) is 51.4 Å². The van der Waals surface area contributed by atoms with Crippen LogP contribution in [0.3, 0.4) is 0 Å². The molecule has 1 atom stereocenters. The van der Waals surface area contributed by atoms with Gasteiger partial charge in [-0.3, -0.25) is 9.88 Å². The summed E-state index contributed by atoms with van der Waals surface area (Å²) in [6.45, 7) is 5.94. The van der Waals surface area contributed by atoms with Gasteiger partial charge in [-0.05, 0) is 37.1 Å². The van der Waals surface area contributed by atoms with E-state index in [1.165, 1.54) is 5.56 Å². The molecule has 4 nitrogen and oxygen atoms in total. The van der Waals surface area contributed by atoms with Crippen molar-refractivity contribution in [3.63, 3.8) is 0 Å². The summed E-state index contributed by atoms with van der Waals surface area (Å²) in [5.41, 5.74) is 9.09. The molecule has 0 aliphatic carbocycles. The molecular formula is C16H21N3O. The summed E-state index contributed by atoms with van der Waals surface area (Å²) in [4.78, 5) is 6.95. The van der Waals surface area contributed by atoms with Gasteiger partial charge in [0, 0.05) is 43.5 Å². The molecule has 0 radical (unpaired) electrons. The van der Waals surface area contributed by atoms with Crippen molar-refractivity contribution in [2.75, 3.05) is 25.4 Å². The summed E-state index contributed by atoms with van der Waals surface area (Å²) in [5.74, 6) is 0. The van der Waals surface area contributed by atoms with Gasteiger partial charge < -0.3 is 10.5 Å². The predicted molar refractivity (Wildman–Crippen MR) is 81.5 cm³/mol. The minimum atomic E-state index is 0.297. The number of aromatic nitrogens is 1. The number of hydrogen-bond acceptors (Lipinski definition) is 4. The van der Waals surface area contributed by atoms with Crippen molar-refractivity contribution in [1.82, 2.24) is 9.88 Å². The lowest BCUT2D eigenvalue weighted by Gasteiger charge is -2.22. The van der Waals surface area contributed by atoms with Crippen LogP contribution in [0.15, 0.2) is 30.5 Å². The van der Waals surface area contributed by atoms with Gasteiger partial charge in [0.05, 0.1) is 11.6 Å². The van der Waals surface area contributed by atoms with Gasteiger partial charge >= 0.3 is 0 Å². The van der Waals surface area contributed by atoms with Gasteiger partial charge in [-0.25, -0.2) is 0 Å². The molecule has 1 saturated heterocycles. The largest absolute Gasteiger partial charge is 0.398 e. The number of nitrogen functional groups attached to an aromatic ring is 1. The van der Waals surface area contributed by atoms with E-state index in [1.807, 2.05) is 24.4 Å². The third-order valence-corrected chi connectivity index (χ3v) is 3.82. The van der Waals surface area contributed by atoms with Gasteiger partial charge in [-0.15, -0.1) is 0 Å². The van der Waals surface area contributed by atoms with E-state index in [2.05, 4.69) is 22.9 Å². The average Bonchev–Trinajstić information content (AvgIpc) is 2.66. The zero-order valence-electron chi connectivity index (χ0n) is 11.9. The van der Waals surface area contributed by atoms with Crippen LogP contribution in [0.5, 0.6) is 0 Å². The highest BCUT2D eigenvalue weighted by Crippen LogP contribution is 2.24. The van der Waals surface area contributed by atoms with Gasteiger partial charge in [0.2, 0.25) is 0 Å². The van der Waals surface area contributed by atoms with E-state index in [9.17, 15) is 0 Å². The third kappa shape index (κ3) is 2.76. The Morgan fingerprint density at radius 3 is 3.20 bits per heavy atom. The number of anilines is 1. The fourth-order valence-corrected chi connectivity index (χ4v) is 2.85. The molecule has 0 spiro atoms. The van der Waals surface area contributed by atoms with Crippen LogP contribution in [-0.2, 0) is 11.3 Å². The van der Waals surface area contributed by atoms with E-state index in [0.717, 1.165) is 49.3 Å². The van der Waals surface area contributed by atoms with Crippen molar-refractivity contribution in [2.45, 2.75) is 26.0 Å². The number of pyridine rings is 1. The Hall–Kier alpha value is -1.65. The summed E-state index contributed by atoms with van der Waals surface area (Å²) in [7, 11) is 0. The summed E-state index contributed by atoms with van der Waals surface area (Å²) >= 11 is 0. The van der Waals surface area contributed by atoms with Crippen LogP contribution >= 0.6 is 0 Å². The van der Waals surface area contributed by atoms with Crippen LogP contribution in [0.4, 0.5) is 5.69 Å². The maximum absolute atomic E-state index is 6.03. The van der Waals surface area contributed by atoms with Gasteiger partial charge in [-0.1, -0.05) is 6.07 Å². The van der Waals surface area contributed by atoms with Crippen LogP contribution in [0, 0.1) is 0 Å². The molecule has 0 bridgehead atoms. The van der Waals surface area contributed by atoms with E-state index in [0.29, 0.717) is 6.10 Å². The molecule has 2 N–H and O–H groups in total. The molecule has 1 aromatic carbocycles. The third-order valence-electron chi connectivity index (χ3n) is 3.82. The molecule has 2 heterocycles. The van der Waals surface area contributed by atoms with Crippen molar-refractivity contribution in [3.8, 4) is 0 Å². The zero-order valence-corrected chi connectivity index (χ0v) is 11.9. The first-order valence-electron chi connectivity index (χ1n) is 7.20. The molecule has 106 valence electrons. The second-order valence-electron chi connectivity index (χ2n) is 5.48. The number of rotatable bonds is 2. The van der Waals surface area contributed by atoms with Gasteiger partial charge in [0.15, 0.2) is 0 Å². The first kappa shape index (κ1) is 13.3. The molecule has 20 heavy (non-hydrogen) atoms. The van der Waals surface area contributed by atoms with Crippen LogP contribution in [-0.4, -0.2) is 35.7 Å². The molecule has 0 saturated carbocycles. The lowest BCUT2D eigenvalue weighted by Crippen LogP contribution is -2.29. The number of hydrogen-bond donors (Lipinski definition) is 1. The van der Waals surface area contributed by atoms with Crippen LogP contribution in [0.25, 0.3) is 10.9 Å². The molecule has 1 unspecified atom stereocenters. The SMILES string of the molecule is CC1CN(Cc2ccc(N)c3cccnc23)CCCO1. The molecule has 4 heteroatoms. The summed E-state index contributed by atoms with van der Waals surface area (Å²) in [6, 6.07) is 8.05. The van der Waals surface area contributed by atoms with E-state index in [4.69, 9.17) is 10.5 Å². The number of ether oxygens (including phenoxy) is 1. The monoisotopic (exact) mass is 271 g/mol. The first-order chi connectivity index (χ1) is 9.74. The molecule has 0 amide bonds. The Bertz CT molecular complexity index is 599. The van der Waals surface area contributed by atoms with Crippen molar-refractivity contribution in [2.24, 2.45) is 0 Å². The molecule has 1 aliphatic heterocycles. The van der Waals surface area contributed by atoms with Gasteiger partial charge in [-0.2, -0.15) is 0 Å². The predicted octanol–water partition coefficient (Wildman–Crippen LogP) is 2.43. The highest BCUT2D eigenvalue weighted by molar-refractivity contribution is 5.92. The van der Waals surface area contributed by atoms with Crippen molar-refractivity contribution in [3.05, 3.63) is 36.0 Å². The van der Waals surface area contributed by atoms with E-state index in [-0.39, 0.29) is 0 Å². The Kier molecular flexibility index (Phi) is 3.85. The standard InChI is InChI=1S/C16H21N3O/c1-12-10-19(8-3-9-20-12)11-13-5-6-15(17)14-4-2-7-18-16(13)14/h2,4-7,12H,3,8-11,17H2,1H3. The van der Waals surface area contributed by atoms with E-state index < -0.39 is 0 Å². The lowest BCUT2D eigenvalue weighted by atomic mass is 10.1. The van der Waals surface area contributed by atoms with Crippen molar-refractivity contribution < 1.29 is 4.74 Å². The maximum atomic E-state index is 6.03. The first-order valence-corrected chi connectivity index (χ1v) is 7.20. The fraction of sp³-hybridized carbons (Fsp3) is 0.438. The summed E-state index contributed by atoms with van der Waals surface area (Å²) < 4.78 is 5.70.